The van der Waals surface area contributed by atoms with Crippen molar-refractivity contribution in [3.63, 3.8) is 0 Å². The molecule has 1 rings (SSSR count). The van der Waals surface area contributed by atoms with Crippen molar-refractivity contribution in [2.45, 2.75) is 11.9 Å². The van der Waals surface area contributed by atoms with Crippen LogP contribution in [0.1, 0.15) is 5.56 Å². The average Bonchev–Trinajstić information content (AvgIpc) is 2.38. The van der Waals surface area contributed by atoms with E-state index in [1.165, 1.54) is 30.0 Å². The van der Waals surface area contributed by atoms with E-state index in [0.29, 0.717) is 22.8 Å². The molecule has 100 valence electrons. The first-order valence-corrected chi connectivity index (χ1v) is 6.34. The molecule has 1 unspecified atom stereocenters. The van der Waals surface area contributed by atoms with Crippen LogP contribution in [0, 0.1) is 10.1 Å². The summed E-state index contributed by atoms with van der Waals surface area (Å²) in [4.78, 5) is 10.2. The number of hydrogen-bond acceptors (Lipinski definition) is 7. The summed E-state index contributed by atoms with van der Waals surface area (Å²) < 4.78 is 0. The molecule has 0 spiro atoms. The molecule has 0 fully saturated rings. The lowest BCUT2D eigenvalue weighted by molar-refractivity contribution is -0.384. The van der Waals surface area contributed by atoms with Crippen LogP contribution in [0.3, 0.4) is 0 Å². The second kappa shape index (κ2) is 7.17. The third-order valence-electron chi connectivity index (χ3n) is 2.23. The van der Waals surface area contributed by atoms with Crippen LogP contribution < -0.4 is 11.3 Å². The number of benzene rings is 1. The molecule has 7 nitrogen and oxygen atoms in total. The molecule has 0 aliphatic heterocycles. The Morgan fingerprint density at radius 1 is 1.56 bits per heavy atom. The minimum Gasteiger partial charge on any atom is -0.394 e. The fraction of sp³-hybridized carbons (Fsp3) is 0.400. The molecular weight excluding hydrogens is 258 g/mol. The van der Waals surface area contributed by atoms with Gasteiger partial charge in [0.1, 0.15) is 0 Å². The van der Waals surface area contributed by atoms with E-state index in [2.05, 4.69) is 5.43 Å². The monoisotopic (exact) mass is 273 g/mol. The zero-order chi connectivity index (χ0) is 13.5. The Morgan fingerprint density at radius 3 is 2.83 bits per heavy atom. The maximum absolute atomic E-state index is 10.7. The number of non-ortho nitro benzene ring substituents is 1. The summed E-state index contributed by atoms with van der Waals surface area (Å²) >= 11 is 1.36. The van der Waals surface area contributed by atoms with E-state index in [1.54, 1.807) is 0 Å². The minimum absolute atomic E-state index is 0.00712. The molecule has 1 aromatic carbocycles. The molecule has 0 saturated heterocycles. The van der Waals surface area contributed by atoms with Gasteiger partial charge >= 0.3 is 0 Å². The van der Waals surface area contributed by atoms with Crippen molar-refractivity contribution in [2.75, 3.05) is 17.8 Å². The van der Waals surface area contributed by atoms with Gasteiger partial charge in [-0.25, -0.2) is 0 Å². The van der Waals surface area contributed by atoms with E-state index in [4.69, 9.17) is 10.9 Å². The average molecular weight is 273 g/mol. The van der Waals surface area contributed by atoms with Gasteiger partial charge in [0, 0.05) is 23.6 Å². The number of nitro benzene ring substituents is 1. The third-order valence-corrected chi connectivity index (χ3v) is 3.37. The molecular formula is C10H15N3O4S. The number of thioether (sulfide) groups is 1. The Labute approximate surface area is 108 Å². The number of nitrogens with two attached hydrogens (primary N) is 1. The van der Waals surface area contributed by atoms with Crippen LogP contribution in [0.15, 0.2) is 18.2 Å². The Hall–Kier alpha value is -1.35. The van der Waals surface area contributed by atoms with Crippen molar-refractivity contribution >= 4 is 23.1 Å². The lowest BCUT2D eigenvalue weighted by Gasteiger charge is -2.10. The number of nitro groups is 1. The summed E-state index contributed by atoms with van der Waals surface area (Å²) in [6.07, 6.45) is -0.789. The van der Waals surface area contributed by atoms with Gasteiger partial charge in [0.2, 0.25) is 0 Å². The van der Waals surface area contributed by atoms with Gasteiger partial charge in [-0.2, -0.15) is 11.8 Å². The molecule has 0 saturated carbocycles. The largest absolute Gasteiger partial charge is 0.394 e. The number of nitrogens with zero attached hydrogens (tertiary/aromatic N) is 1. The van der Waals surface area contributed by atoms with Crippen LogP contribution in [0.2, 0.25) is 0 Å². The first kappa shape index (κ1) is 14.7. The first-order valence-electron chi connectivity index (χ1n) is 5.19. The van der Waals surface area contributed by atoms with E-state index < -0.39 is 11.0 Å². The highest BCUT2D eigenvalue weighted by atomic mass is 32.2. The second-order valence-corrected chi connectivity index (χ2v) is 4.62. The SMILES string of the molecule is NNc1ccc([N+](=O)[O-])cc1CSCC(O)CO. The lowest BCUT2D eigenvalue weighted by Crippen LogP contribution is -2.15. The highest BCUT2D eigenvalue weighted by molar-refractivity contribution is 7.98. The zero-order valence-corrected chi connectivity index (χ0v) is 10.4. The summed E-state index contributed by atoms with van der Waals surface area (Å²) in [6, 6.07) is 4.34. The fourth-order valence-electron chi connectivity index (χ4n) is 1.31. The maximum atomic E-state index is 10.7. The highest BCUT2D eigenvalue weighted by Gasteiger charge is 2.11. The van der Waals surface area contributed by atoms with Crippen molar-refractivity contribution in [1.82, 2.24) is 0 Å². The molecule has 1 atom stereocenters. The molecule has 1 aromatic rings. The van der Waals surface area contributed by atoms with Gasteiger partial charge in [-0.1, -0.05) is 0 Å². The number of hydrogen-bond donors (Lipinski definition) is 4. The maximum Gasteiger partial charge on any atom is 0.269 e. The molecule has 0 aliphatic carbocycles. The standard InChI is InChI=1S/C10H15N3O4S/c11-12-10-2-1-8(13(16)17)3-7(10)5-18-6-9(15)4-14/h1-3,9,12,14-15H,4-6,11H2. The van der Waals surface area contributed by atoms with Gasteiger partial charge in [0.15, 0.2) is 0 Å². The Kier molecular flexibility index (Phi) is 5.86. The highest BCUT2D eigenvalue weighted by Crippen LogP contribution is 2.25. The summed E-state index contributed by atoms with van der Waals surface area (Å²) in [5.74, 6) is 6.12. The van der Waals surface area contributed by atoms with Crippen molar-refractivity contribution in [2.24, 2.45) is 5.84 Å². The third kappa shape index (κ3) is 4.15. The molecule has 5 N–H and O–H groups in total. The van der Waals surface area contributed by atoms with Crippen molar-refractivity contribution in [3.8, 4) is 0 Å². The van der Waals surface area contributed by atoms with Crippen LogP contribution in [-0.4, -0.2) is 33.6 Å². The number of rotatable bonds is 7. The van der Waals surface area contributed by atoms with Gasteiger partial charge in [-0.3, -0.25) is 16.0 Å². The molecule has 0 aliphatic rings. The Balaban J connectivity index is 2.72. The van der Waals surface area contributed by atoms with E-state index >= 15 is 0 Å². The fourth-order valence-corrected chi connectivity index (χ4v) is 2.27. The molecule has 0 radical (unpaired) electrons. The molecule has 8 heteroatoms. The van der Waals surface area contributed by atoms with Crippen LogP contribution >= 0.6 is 11.8 Å². The molecule has 0 aromatic heterocycles. The van der Waals surface area contributed by atoms with Gasteiger partial charge < -0.3 is 15.6 Å². The summed E-state index contributed by atoms with van der Waals surface area (Å²) in [6.45, 7) is -0.302. The normalized spacial score (nSPS) is 12.2. The first-order chi connectivity index (χ1) is 8.58. The number of anilines is 1. The predicted octanol–water partition coefficient (Wildman–Crippen LogP) is 0.467. The van der Waals surface area contributed by atoms with Crippen LogP contribution in [0.5, 0.6) is 0 Å². The molecule has 18 heavy (non-hydrogen) atoms. The van der Waals surface area contributed by atoms with Gasteiger partial charge in [-0.05, 0) is 11.6 Å². The number of aliphatic hydroxyl groups is 2. The lowest BCUT2D eigenvalue weighted by atomic mass is 10.2. The summed E-state index contributed by atoms with van der Waals surface area (Å²) in [7, 11) is 0. The molecule has 0 heterocycles. The van der Waals surface area contributed by atoms with Crippen molar-refractivity contribution in [3.05, 3.63) is 33.9 Å². The quantitative estimate of drug-likeness (QED) is 0.323. The Morgan fingerprint density at radius 2 is 2.28 bits per heavy atom. The smallest absolute Gasteiger partial charge is 0.269 e. The number of hydrazine groups is 1. The van der Waals surface area contributed by atoms with E-state index in [0.717, 1.165) is 0 Å². The van der Waals surface area contributed by atoms with Gasteiger partial charge in [0.25, 0.3) is 5.69 Å². The molecule has 0 bridgehead atoms. The number of nitrogen functional groups attached to an aromatic ring is 1. The van der Waals surface area contributed by atoms with Gasteiger partial charge in [0.05, 0.1) is 23.3 Å². The van der Waals surface area contributed by atoms with Crippen molar-refractivity contribution in [1.29, 1.82) is 0 Å². The zero-order valence-electron chi connectivity index (χ0n) is 9.57. The van der Waals surface area contributed by atoms with Gasteiger partial charge in [-0.15, -0.1) is 0 Å². The molecule has 0 amide bonds. The summed E-state index contributed by atoms with van der Waals surface area (Å²) in [5.41, 5.74) is 3.74. The van der Waals surface area contributed by atoms with Crippen LogP contribution in [0.4, 0.5) is 11.4 Å². The number of aliphatic hydroxyl groups excluding tert-OH is 2. The minimum atomic E-state index is -0.789. The topological polar surface area (TPSA) is 122 Å². The van der Waals surface area contributed by atoms with Crippen LogP contribution in [0.25, 0.3) is 0 Å². The van der Waals surface area contributed by atoms with E-state index in [9.17, 15) is 15.2 Å². The predicted molar refractivity (Wildman–Crippen MR) is 70.2 cm³/mol. The summed E-state index contributed by atoms with van der Waals surface area (Å²) in [5, 5.41) is 28.5. The van der Waals surface area contributed by atoms with E-state index in [1.807, 2.05) is 0 Å². The van der Waals surface area contributed by atoms with Crippen molar-refractivity contribution < 1.29 is 15.1 Å². The number of nitrogens with one attached hydrogen (secondary N) is 1. The second-order valence-electron chi connectivity index (χ2n) is 3.59. The van der Waals surface area contributed by atoms with E-state index in [-0.39, 0.29) is 12.3 Å². The Bertz CT molecular complexity index is 416. The van der Waals surface area contributed by atoms with Crippen LogP contribution in [-0.2, 0) is 5.75 Å².